The predicted molar refractivity (Wildman–Crippen MR) is 83.8 cm³/mol. The molecule has 2 aromatic rings. The Balaban J connectivity index is 1.96. The van der Waals surface area contributed by atoms with Crippen molar-refractivity contribution in [2.24, 2.45) is 5.92 Å². The Kier molecular flexibility index (Phi) is 5.58. The van der Waals surface area contributed by atoms with Gasteiger partial charge in [-0.2, -0.15) is 0 Å². The molecule has 0 aliphatic rings. The summed E-state index contributed by atoms with van der Waals surface area (Å²) in [4.78, 5) is 4.49. The van der Waals surface area contributed by atoms with Crippen LogP contribution in [0.25, 0.3) is 0 Å². The quantitative estimate of drug-likeness (QED) is 0.844. The van der Waals surface area contributed by atoms with E-state index in [1.807, 2.05) is 42.5 Å². The highest BCUT2D eigenvalue weighted by Gasteiger charge is 2.02. The Morgan fingerprint density at radius 3 is 2.43 bits per heavy atom. The zero-order valence-electron chi connectivity index (χ0n) is 12.8. The summed E-state index contributed by atoms with van der Waals surface area (Å²) in [5.74, 6) is 2.78. The average molecular weight is 286 g/mol. The number of methoxy groups -OCH3 is 1. The molecule has 1 heterocycles. The van der Waals surface area contributed by atoms with Gasteiger partial charge in [0, 0.05) is 12.6 Å². The third-order valence-electron chi connectivity index (χ3n) is 2.92. The van der Waals surface area contributed by atoms with Crippen LogP contribution in [0, 0.1) is 5.92 Å². The molecule has 0 bridgehead atoms. The van der Waals surface area contributed by atoms with Gasteiger partial charge in [0.1, 0.15) is 11.5 Å². The third kappa shape index (κ3) is 5.08. The Hall–Kier alpha value is -2.07. The summed E-state index contributed by atoms with van der Waals surface area (Å²) >= 11 is 0. The SMILES string of the molecule is COc1ccc(Oc2cccc(CNCC(C)C)n2)cc1. The molecule has 0 fully saturated rings. The lowest BCUT2D eigenvalue weighted by Gasteiger charge is -2.09. The van der Waals surface area contributed by atoms with Gasteiger partial charge in [-0.05, 0) is 42.8 Å². The molecule has 0 radical (unpaired) electrons. The lowest BCUT2D eigenvalue weighted by Crippen LogP contribution is -2.19. The van der Waals surface area contributed by atoms with Crippen molar-refractivity contribution in [3.05, 3.63) is 48.2 Å². The summed E-state index contributed by atoms with van der Waals surface area (Å²) in [6.45, 7) is 6.09. The second kappa shape index (κ2) is 7.64. The number of hydrogen-bond acceptors (Lipinski definition) is 4. The van der Waals surface area contributed by atoms with Crippen LogP contribution in [0.4, 0.5) is 0 Å². The fourth-order valence-corrected chi connectivity index (χ4v) is 1.87. The van der Waals surface area contributed by atoms with E-state index >= 15 is 0 Å². The van der Waals surface area contributed by atoms with Gasteiger partial charge < -0.3 is 14.8 Å². The van der Waals surface area contributed by atoms with Crippen molar-refractivity contribution in [2.45, 2.75) is 20.4 Å². The summed E-state index contributed by atoms with van der Waals surface area (Å²) < 4.78 is 10.9. The first-order chi connectivity index (χ1) is 10.2. The minimum absolute atomic E-state index is 0.601. The topological polar surface area (TPSA) is 43.4 Å². The molecule has 0 atom stereocenters. The van der Waals surface area contributed by atoms with Gasteiger partial charge in [0.05, 0.1) is 12.8 Å². The monoisotopic (exact) mass is 286 g/mol. The maximum absolute atomic E-state index is 5.75. The van der Waals surface area contributed by atoms with E-state index in [1.54, 1.807) is 7.11 Å². The van der Waals surface area contributed by atoms with Gasteiger partial charge in [0.15, 0.2) is 0 Å². The Morgan fingerprint density at radius 1 is 1.05 bits per heavy atom. The van der Waals surface area contributed by atoms with E-state index < -0.39 is 0 Å². The average Bonchev–Trinajstić information content (AvgIpc) is 2.48. The smallest absolute Gasteiger partial charge is 0.219 e. The number of hydrogen-bond donors (Lipinski definition) is 1. The van der Waals surface area contributed by atoms with E-state index in [0.717, 1.165) is 30.3 Å². The summed E-state index contributed by atoms with van der Waals surface area (Å²) in [7, 11) is 1.64. The van der Waals surface area contributed by atoms with Crippen molar-refractivity contribution in [2.75, 3.05) is 13.7 Å². The molecule has 4 heteroatoms. The van der Waals surface area contributed by atoms with Crippen LogP contribution in [0.3, 0.4) is 0 Å². The molecule has 1 aromatic heterocycles. The zero-order valence-corrected chi connectivity index (χ0v) is 12.8. The first-order valence-corrected chi connectivity index (χ1v) is 7.16. The van der Waals surface area contributed by atoms with Gasteiger partial charge in [0.2, 0.25) is 5.88 Å². The molecule has 0 spiro atoms. The molecule has 0 aliphatic heterocycles. The molecule has 0 saturated carbocycles. The van der Waals surface area contributed by atoms with Crippen LogP contribution in [0.5, 0.6) is 17.4 Å². The molecule has 0 saturated heterocycles. The highest BCUT2D eigenvalue weighted by molar-refractivity contribution is 5.33. The van der Waals surface area contributed by atoms with Crippen LogP contribution in [0.15, 0.2) is 42.5 Å². The summed E-state index contributed by atoms with van der Waals surface area (Å²) in [5.41, 5.74) is 0.974. The molecule has 112 valence electrons. The van der Waals surface area contributed by atoms with E-state index in [9.17, 15) is 0 Å². The maximum atomic E-state index is 5.75. The lowest BCUT2D eigenvalue weighted by molar-refractivity contribution is 0.412. The van der Waals surface area contributed by atoms with Crippen LogP contribution in [0.1, 0.15) is 19.5 Å². The minimum atomic E-state index is 0.601. The minimum Gasteiger partial charge on any atom is -0.497 e. The van der Waals surface area contributed by atoms with Gasteiger partial charge >= 0.3 is 0 Å². The van der Waals surface area contributed by atoms with Gasteiger partial charge in [-0.3, -0.25) is 0 Å². The Bertz CT molecular complexity index is 553. The molecule has 4 nitrogen and oxygen atoms in total. The fraction of sp³-hybridized carbons (Fsp3) is 0.353. The summed E-state index contributed by atoms with van der Waals surface area (Å²) in [6.07, 6.45) is 0. The standard InChI is InChI=1S/C17H22N2O2/c1-13(2)11-18-12-14-5-4-6-17(19-14)21-16-9-7-15(20-3)8-10-16/h4-10,13,18H,11-12H2,1-3H3. The van der Waals surface area contributed by atoms with E-state index in [-0.39, 0.29) is 0 Å². The molecule has 1 aromatic carbocycles. The third-order valence-corrected chi connectivity index (χ3v) is 2.92. The molecule has 1 N–H and O–H groups in total. The maximum Gasteiger partial charge on any atom is 0.219 e. The van der Waals surface area contributed by atoms with Crippen LogP contribution < -0.4 is 14.8 Å². The number of nitrogens with zero attached hydrogens (tertiary/aromatic N) is 1. The summed E-state index contributed by atoms with van der Waals surface area (Å²) in [6, 6.07) is 13.3. The first kappa shape index (κ1) is 15.3. The van der Waals surface area contributed by atoms with Gasteiger partial charge in [-0.25, -0.2) is 4.98 Å². The lowest BCUT2D eigenvalue weighted by atomic mass is 10.2. The van der Waals surface area contributed by atoms with Gasteiger partial charge in [-0.1, -0.05) is 19.9 Å². The number of aromatic nitrogens is 1. The first-order valence-electron chi connectivity index (χ1n) is 7.16. The fourth-order valence-electron chi connectivity index (χ4n) is 1.87. The van der Waals surface area contributed by atoms with E-state index in [4.69, 9.17) is 9.47 Å². The summed E-state index contributed by atoms with van der Waals surface area (Å²) in [5, 5.41) is 3.37. The molecule has 2 rings (SSSR count). The van der Waals surface area contributed by atoms with Crippen molar-refractivity contribution in [1.82, 2.24) is 10.3 Å². The van der Waals surface area contributed by atoms with Crippen LogP contribution in [-0.4, -0.2) is 18.6 Å². The highest BCUT2D eigenvalue weighted by Crippen LogP contribution is 2.22. The number of ether oxygens (including phenoxy) is 2. The van der Waals surface area contributed by atoms with Gasteiger partial charge in [0.25, 0.3) is 0 Å². The van der Waals surface area contributed by atoms with Crippen molar-refractivity contribution in [1.29, 1.82) is 0 Å². The van der Waals surface area contributed by atoms with E-state index in [1.165, 1.54) is 0 Å². The highest BCUT2D eigenvalue weighted by atomic mass is 16.5. The number of rotatable bonds is 7. The Morgan fingerprint density at radius 2 is 1.76 bits per heavy atom. The second-order valence-corrected chi connectivity index (χ2v) is 5.27. The van der Waals surface area contributed by atoms with Gasteiger partial charge in [-0.15, -0.1) is 0 Å². The Labute approximate surface area is 126 Å². The molecule has 0 amide bonds. The molecular formula is C17H22N2O2. The van der Waals surface area contributed by atoms with Crippen molar-refractivity contribution in [3.63, 3.8) is 0 Å². The largest absolute Gasteiger partial charge is 0.497 e. The number of nitrogens with one attached hydrogen (secondary N) is 1. The van der Waals surface area contributed by atoms with E-state index in [0.29, 0.717) is 11.8 Å². The van der Waals surface area contributed by atoms with Crippen LogP contribution >= 0.6 is 0 Å². The van der Waals surface area contributed by atoms with Crippen molar-refractivity contribution < 1.29 is 9.47 Å². The zero-order chi connectivity index (χ0) is 15.1. The normalized spacial score (nSPS) is 10.7. The molecule has 21 heavy (non-hydrogen) atoms. The molecule has 0 unspecified atom stereocenters. The molecule has 0 aliphatic carbocycles. The second-order valence-electron chi connectivity index (χ2n) is 5.27. The number of benzene rings is 1. The number of pyridine rings is 1. The van der Waals surface area contributed by atoms with Crippen LogP contribution in [-0.2, 0) is 6.54 Å². The van der Waals surface area contributed by atoms with Crippen molar-refractivity contribution in [3.8, 4) is 17.4 Å². The predicted octanol–water partition coefficient (Wildman–Crippen LogP) is 3.63. The molecular weight excluding hydrogens is 264 g/mol. The van der Waals surface area contributed by atoms with Crippen LogP contribution in [0.2, 0.25) is 0 Å². The van der Waals surface area contributed by atoms with Crippen molar-refractivity contribution >= 4 is 0 Å². The van der Waals surface area contributed by atoms with E-state index in [2.05, 4.69) is 24.1 Å².